The first-order valence-electron chi connectivity index (χ1n) is 9.19. The van der Waals surface area contributed by atoms with Gasteiger partial charge < -0.3 is 10.0 Å². The lowest BCUT2D eigenvalue weighted by Crippen LogP contribution is -2.19. The molecule has 0 saturated heterocycles. The summed E-state index contributed by atoms with van der Waals surface area (Å²) in [5, 5.41) is 0. The summed E-state index contributed by atoms with van der Waals surface area (Å²) in [6.45, 7) is 14.5. The van der Waals surface area contributed by atoms with E-state index in [1.165, 1.54) is 16.7 Å². The zero-order chi connectivity index (χ0) is 19.1. The van der Waals surface area contributed by atoms with E-state index in [2.05, 4.69) is 80.6 Å². The van der Waals surface area contributed by atoms with Crippen molar-refractivity contribution in [2.24, 2.45) is 0 Å². The van der Waals surface area contributed by atoms with Crippen LogP contribution in [0.15, 0.2) is 41.8 Å². The second kappa shape index (κ2) is 7.64. The number of fused-ring (bicyclic) bond motifs is 1. The minimum absolute atomic E-state index is 0. The Morgan fingerprint density at radius 2 is 1.48 bits per heavy atom. The molecule has 0 amide bonds. The van der Waals surface area contributed by atoms with Gasteiger partial charge in [0.1, 0.15) is 12.0 Å². The summed E-state index contributed by atoms with van der Waals surface area (Å²) in [6.07, 6.45) is 6.75. The minimum Gasteiger partial charge on any atom is -0.412 e. The van der Waals surface area contributed by atoms with E-state index in [1.54, 1.807) is 6.33 Å². The Labute approximate surface area is 168 Å². The average Bonchev–Trinajstić information content (AvgIpc) is 2.99. The van der Waals surface area contributed by atoms with E-state index in [9.17, 15) is 0 Å². The van der Waals surface area contributed by atoms with Crippen LogP contribution in [0, 0.1) is 0 Å². The normalized spacial score (nSPS) is 12.3. The van der Waals surface area contributed by atoms with Gasteiger partial charge in [-0.3, -0.25) is 0 Å². The van der Waals surface area contributed by atoms with Crippen molar-refractivity contribution in [2.75, 3.05) is 0 Å². The zero-order valence-electron chi connectivity index (χ0n) is 17.2. The van der Waals surface area contributed by atoms with Gasteiger partial charge in [0.15, 0.2) is 0 Å². The molecule has 27 heavy (non-hydrogen) atoms. The monoisotopic (exact) mass is 385 g/mol. The van der Waals surface area contributed by atoms with Gasteiger partial charge >= 0.3 is 0 Å². The predicted octanol–water partition coefficient (Wildman–Crippen LogP) is 4.68. The smallest absolute Gasteiger partial charge is 0.116 e. The van der Waals surface area contributed by atoms with E-state index in [0.717, 1.165) is 29.2 Å². The number of aromatic nitrogens is 3. The summed E-state index contributed by atoms with van der Waals surface area (Å²) in [7, 11) is 0. The summed E-state index contributed by atoms with van der Waals surface area (Å²) in [5.74, 6) is 0. The number of rotatable bonds is 3. The fraction of sp³-hybridized carbons (Fsp3) is 0.455. The maximum absolute atomic E-state index is 4.90. The van der Waals surface area contributed by atoms with Gasteiger partial charge in [0.05, 0.1) is 5.69 Å². The Bertz CT molecular complexity index is 852. The van der Waals surface area contributed by atoms with Crippen LogP contribution in [0.2, 0.25) is 0 Å². The lowest BCUT2D eigenvalue weighted by atomic mass is 9.79. The molecule has 0 atom stereocenters. The fourth-order valence-electron chi connectivity index (χ4n) is 3.26. The highest BCUT2D eigenvalue weighted by Gasteiger charge is 2.24. The molecule has 1 aromatic carbocycles. The first-order valence-corrected chi connectivity index (χ1v) is 9.64. The lowest BCUT2D eigenvalue weighted by Gasteiger charge is -2.29. The molecule has 0 spiro atoms. The zero-order valence-corrected chi connectivity index (χ0v) is 18.1. The molecule has 3 rings (SSSR count). The van der Waals surface area contributed by atoms with Crippen molar-refractivity contribution in [3.05, 3.63) is 53.6 Å². The van der Waals surface area contributed by atoms with Crippen molar-refractivity contribution >= 4 is 12.6 Å². The quantitative estimate of drug-likeness (QED) is 0.665. The molecule has 2 N–H and O–H groups in total. The molecular weight excluding hydrogens is 354 g/mol. The van der Waals surface area contributed by atoms with Crippen molar-refractivity contribution in [1.29, 1.82) is 0 Å². The molecule has 0 saturated carbocycles. The van der Waals surface area contributed by atoms with E-state index < -0.39 is 0 Å². The van der Waals surface area contributed by atoms with Crippen molar-refractivity contribution in [3.8, 4) is 11.4 Å². The van der Waals surface area contributed by atoms with Crippen LogP contribution >= 0.6 is 12.6 Å². The first kappa shape index (κ1) is 21.5. The maximum atomic E-state index is 4.90. The van der Waals surface area contributed by atoms with Gasteiger partial charge in [-0.05, 0) is 40.0 Å². The van der Waals surface area contributed by atoms with Gasteiger partial charge in [0.25, 0.3) is 0 Å². The first-order chi connectivity index (χ1) is 12.1. The van der Waals surface area contributed by atoms with E-state index in [0.29, 0.717) is 0 Å². The van der Waals surface area contributed by atoms with Crippen LogP contribution in [-0.2, 0) is 23.8 Å². The fourth-order valence-corrected chi connectivity index (χ4v) is 4.06. The molecule has 5 heteroatoms. The molecule has 4 nitrogen and oxygen atoms in total. The van der Waals surface area contributed by atoms with Gasteiger partial charge in [-0.1, -0.05) is 53.7 Å². The number of hydrogen-bond acceptors (Lipinski definition) is 3. The number of thiol groups is 1. The Morgan fingerprint density at radius 3 is 2.04 bits per heavy atom. The largest absolute Gasteiger partial charge is 0.412 e. The molecule has 0 radical (unpaired) electrons. The van der Waals surface area contributed by atoms with Gasteiger partial charge in [-0.15, -0.1) is 12.6 Å². The Hall–Kier alpha value is -1.85. The number of imidazole rings is 1. The molecule has 2 aliphatic heterocycles. The molecule has 0 aromatic heterocycles. The number of nitrogens with zero attached hydrogens (tertiary/aromatic N) is 3. The Morgan fingerprint density at radius 1 is 0.926 bits per heavy atom. The van der Waals surface area contributed by atoms with E-state index in [4.69, 9.17) is 12.6 Å². The molecule has 2 aliphatic rings. The third kappa shape index (κ3) is 4.71. The predicted molar refractivity (Wildman–Crippen MR) is 115 cm³/mol. The second-order valence-corrected chi connectivity index (χ2v) is 9.56. The average molecular weight is 386 g/mol. The maximum Gasteiger partial charge on any atom is 0.116 e. The number of hydrogen-bond donors (Lipinski definition) is 1. The Kier molecular flexibility index (Phi) is 6.07. The van der Waals surface area contributed by atoms with Crippen molar-refractivity contribution in [1.82, 2.24) is 14.5 Å². The van der Waals surface area contributed by atoms with E-state index in [1.807, 2.05) is 6.07 Å². The van der Waals surface area contributed by atoms with Gasteiger partial charge in [0, 0.05) is 23.8 Å². The minimum atomic E-state index is 0. The van der Waals surface area contributed by atoms with Crippen LogP contribution in [0.3, 0.4) is 0 Å². The van der Waals surface area contributed by atoms with Crippen LogP contribution < -0.4 is 0 Å². The van der Waals surface area contributed by atoms with Crippen LogP contribution in [0.5, 0.6) is 0 Å². The Balaban J connectivity index is 0.00000261. The SMILES string of the molecule is CC(C)(C)c1cc(CCn2ccc3ncnc-3c2)cc(C(C)(C)C)c1S.O. The molecular formula is C22H31N3OS. The van der Waals surface area contributed by atoms with Crippen LogP contribution in [0.25, 0.3) is 11.4 Å². The van der Waals surface area contributed by atoms with Gasteiger partial charge in [-0.2, -0.15) is 0 Å². The molecule has 1 aromatic rings. The highest BCUT2D eigenvalue weighted by molar-refractivity contribution is 7.80. The highest BCUT2D eigenvalue weighted by Crippen LogP contribution is 2.37. The molecule has 146 valence electrons. The molecule has 0 unspecified atom stereocenters. The van der Waals surface area contributed by atoms with Crippen molar-refractivity contribution in [2.45, 2.75) is 70.2 Å². The van der Waals surface area contributed by atoms with Crippen LogP contribution in [0.4, 0.5) is 0 Å². The molecule has 2 heterocycles. The van der Waals surface area contributed by atoms with Crippen LogP contribution in [-0.4, -0.2) is 20.0 Å². The third-order valence-electron chi connectivity index (χ3n) is 4.81. The second-order valence-electron chi connectivity index (χ2n) is 9.12. The topological polar surface area (TPSA) is 62.2 Å². The molecule has 0 fully saturated rings. The summed E-state index contributed by atoms with van der Waals surface area (Å²) >= 11 is 4.90. The lowest BCUT2D eigenvalue weighted by molar-refractivity contribution is 0.544. The van der Waals surface area contributed by atoms with E-state index in [-0.39, 0.29) is 16.3 Å². The molecule has 0 aliphatic carbocycles. The van der Waals surface area contributed by atoms with Crippen molar-refractivity contribution in [3.63, 3.8) is 0 Å². The number of aryl methyl sites for hydroxylation is 2. The van der Waals surface area contributed by atoms with Crippen molar-refractivity contribution < 1.29 is 5.48 Å². The standard InChI is InChI=1S/C22H29N3S.H2O/c1-21(2,3)16-11-15(12-17(20(16)26)22(4,5)6)7-9-25-10-8-18-19(13-25)24-14-23-18;/h8,10-14,26H,7,9H2,1-6H3;1H2. The van der Waals surface area contributed by atoms with Crippen LogP contribution in [0.1, 0.15) is 58.2 Å². The third-order valence-corrected chi connectivity index (χ3v) is 5.29. The molecule has 0 bridgehead atoms. The summed E-state index contributed by atoms with van der Waals surface area (Å²) in [4.78, 5) is 9.66. The van der Waals surface area contributed by atoms with Gasteiger partial charge in [0.2, 0.25) is 0 Å². The number of pyridine rings is 1. The van der Waals surface area contributed by atoms with Gasteiger partial charge in [-0.25, -0.2) is 9.97 Å². The number of benzene rings is 1. The summed E-state index contributed by atoms with van der Waals surface area (Å²) in [6, 6.07) is 6.69. The summed E-state index contributed by atoms with van der Waals surface area (Å²) in [5.41, 5.74) is 6.05. The van der Waals surface area contributed by atoms with E-state index >= 15 is 0 Å². The highest BCUT2D eigenvalue weighted by atomic mass is 32.1. The summed E-state index contributed by atoms with van der Waals surface area (Å²) < 4.78 is 2.19.